The van der Waals surface area contributed by atoms with Crippen LogP contribution in [0.2, 0.25) is 0 Å². The van der Waals surface area contributed by atoms with E-state index in [2.05, 4.69) is 27.0 Å². The van der Waals surface area contributed by atoms with E-state index in [1.165, 1.54) is 0 Å². The zero-order chi connectivity index (χ0) is 9.97. The third kappa shape index (κ3) is 1.49. The molecule has 0 aromatic heterocycles. The van der Waals surface area contributed by atoms with Gasteiger partial charge in [0.25, 0.3) is 0 Å². The van der Waals surface area contributed by atoms with Gasteiger partial charge in [-0.3, -0.25) is 4.99 Å². The minimum atomic E-state index is 0.506. The van der Waals surface area contributed by atoms with Gasteiger partial charge in [0.15, 0.2) is 0 Å². The van der Waals surface area contributed by atoms with E-state index in [1.54, 1.807) is 0 Å². The number of rotatable bonds is 0. The largest absolute Gasteiger partial charge is 0.269 e. The Labute approximate surface area is 90.7 Å². The summed E-state index contributed by atoms with van der Waals surface area (Å²) in [6.07, 6.45) is 1.96. The number of nitrogens with zero attached hydrogens (tertiary/aromatic N) is 2. The van der Waals surface area contributed by atoms with Gasteiger partial charge < -0.3 is 0 Å². The lowest BCUT2D eigenvalue weighted by atomic mass is 10.0. The van der Waals surface area contributed by atoms with Gasteiger partial charge in [0.05, 0.1) is 6.54 Å². The Morgan fingerprint density at radius 2 is 2.00 bits per heavy atom. The lowest BCUT2D eigenvalue weighted by molar-refractivity contribution is 1.26. The van der Waals surface area contributed by atoms with E-state index in [9.17, 15) is 0 Å². The van der Waals surface area contributed by atoms with E-state index in [-0.39, 0.29) is 0 Å². The van der Waals surface area contributed by atoms with Crippen LogP contribution >= 0.6 is 15.9 Å². The highest BCUT2D eigenvalue weighted by atomic mass is 79.9. The Bertz CT molecular complexity index is 466. The van der Waals surface area contributed by atoms with Gasteiger partial charge in [0.1, 0.15) is 11.8 Å². The second-order valence-electron chi connectivity index (χ2n) is 2.90. The summed E-state index contributed by atoms with van der Waals surface area (Å²) in [6, 6.07) is 9.88. The molecule has 14 heavy (non-hydrogen) atoms. The fourth-order valence-corrected chi connectivity index (χ4v) is 1.90. The summed E-state index contributed by atoms with van der Waals surface area (Å²) >= 11 is 3.47. The van der Waals surface area contributed by atoms with Crippen LogP contribution in [0.1, 0.15) is 11.1 Å². The smallest absolute Gasteiger partial charge is 0.143 e. The molecule has 0 fully saturated rings. The summed E-state index contributed by atoms with van der Waals surface area (Å²) in [7, 11) is 0. The molecule has 2 nitrogen and oxygen atoms in total. The molecule has 1 aromatic carbocycles. The average molecular weight is 247 g/mol. The fourth-order valence-electron chi connectivity index (χ4n) is 1.41. The maximum absolute atomic E-state index is 8.93. The second-order valence-corrected chi connectivity index (χ2v) is 3.75. The van der Waals surface area contributed by atoms with Gasteiger partial charge in [-0.05, 0) is 11.6 Å². The van der Waals surface area contributed by atoms with Crippen molar-refractivity contribution in [2.24, 2.45) is 4.99 Å². The number of hydrogen-bond donors (Lipinski definition) is 0. The highest BCUT2D eigenvalue weighted by molar-refractivity contribution is 9.15. The third-order valence-corrected chi connectivity index (χ3v) is 2.82. The first-order valence-corrected chi connectivity index (χ1v) is 5.02. The highest BCUT2D eigenvalue weighted by Gasteiger charge is 2.12. The highest BCUT2D eigenvalue weighted by Crippen LogP contribution is 2.26. The molecule has 0 unspecified atom stereocenters. The summed E-state index contributed by atoms with van der Waals surface area (Å²) in [4.78, 5) is 4.18. The van der Waals surface area contributed by atoms with Gasteiger partial charge in [0, 0.05) is 10.0 Å². The zero-order valence-corrected chi connectivity index (χ0v) is 8.95. The molecule has 68 valence electrons. The predicted octanol–water partition coefficient (Wildman–Crippen LogP) is 2.75. The van der Waals surface area contributed by atoms with Crippen LogP contribution in [0.4, 0.5) is 0 Å². The monoisotopic (exact) mass is 246 g/mol. The number of aliphatic imine (C=N–C) groups is 1. The van der Waals surface area contributed by atoms with Gasteiger partial charge >= 0.3 is 0 Å². The molecule has 0 aliphatic carbocycles. The Morgan fingerprint density at radius 1 is 1.29 bits per heavy atom. The van der Waals surface area contributed by atoms with Crippen molar-refractivity contribution in [3.63, 3.8) is 0 Å². The van der Waals surface area contributed by atoms with E-state index in [4.69, 9.17) is 5.26 Å². The summed E-state index contributed by atoms with van der Waals surface area (Å²) in [5.74, 6) is 0. The molecular formula is C11H7BrN2. The molecule has 0 radical (unpaired) electrons. The molecule has 0 saturated carbocycles. The Morgan fingerprint density at radius 3 is 2.71 bits per heavy atom. The van der Waals surface area contributed by atoms with E-state index >= 15 is 0 Å². The second kappa shape index (κ2) is 3.77. The van der Waals surface area contributed by atoms with Gasteiger partial charge in [-0.1, -0.05) is 40.2 Å². The van der Waals surface area contributed by atoms with Crippen molar-refractivity contribution in [2.75, 3.05) is 6.54 Å². The minimum absolute atomic E-state index is 0.506. The first kappa shape index (κ1) is 9.17. The molecule has 0 N–H and O–H groups in total. The van der Waals surface area contributed by atoms with Gasteiger partial charge in [-0.2, -0.15) is 5.26 Å². The number of nitriles is 1. The molecule has 1 heterocycles. The van der Waals surface area contributed by atoms with Crippen LogP contribution in [-0.4, -0.2) is 12.3 Å². The Hall–Kier alpha value is -1.40. The zero-order valence-electron chi connectivity index (χ0n) is 7.37. The molecular weight excluding hydrogens is 240 g/mol. The maximum Gasteiger partial charge on any atom is 0.143 e. The molecule has 1 aliphatic heterocycles. The van der Waals surface area contributed by atoms with Gasteiger partial charge in [-0.25, -0.2) is 0 Å². The van der Waals surface area contributed by atoms with Crippen LogP contribution in [0.5, 0.6) is 0 Å². The number of halogens is 1. The molecule has 0 amide bonds. The molecule has 0 bridgehead atoms. The van der Waals surface area contributed by atoms with Crippen LogP contribution in [0.25, 0.3) is 4.48 Å². The number of benzene rings is 1. The van der Waals surface area contributed by atoms with Crippen molar-refractivity contribution in [3.8, 4) is 6.07 Å². The van der Waals surface area contributed by atoms with Crippen molar-refractivity contribution in [2.45, 2.75) is 0 Å². The summed E-state index contributed by atoms with van der Waals surface area (Å²) in [5, 5.41) is 8.93. The van der Waals surface area contributed by atoms with E-state index < -0.39 is 0 Å². The van der Waals surface area contributed by atoms with Gasteiger partial charge in [0.2, 0.25) is 0 Å². The van der Waals surface area contributed by atoms with E-state index in [0.717, 1.165) is 15.6 Å². The van der Waals surface area contributed by atoms with Crippen molar-refractivity contribution in [1.82, 2.24) is 0 Å². The lowest BCUT2D eigenvalue weighted by Crippen LogP contribution is -1.99. The molecule has 3 heteroatoms. The lowest BCUT2D eigenvalue weighted by Gasteiger charge is -2.03. The predicted molar refractivity (Wildman–Crippen MR) is 60.4 cm³/mol. The average Bonchev–Trinajstić information content (AvgIpc) is 2.39. The van der Waals surface area contributed by atoms with E-state index in [1.807, 2.05) is 30.3 Å². The number of fused-ring (bicyclic) bond motifs is 1. The van der Waals surface area contributed by atoms with Crippen LogP contribution in [0.15, 0.2) is 35.3 Å². The van der Waals surface area contributed by atoms with Crippen LogP contribution < -0.4 is 0 Å². The van der Waals surface area contributed by atoms with Crippen molar-refractivity contribution >= 4 is 26.1 Å². The number of hydrogen-bond acceptors (Lipinski definition) is 2. The van der Waals surface area contributed by atoms with Crippen molar-refractivity contribution < 1.29 is 0 Å². The van der Waals surface area contributed by atoms with Crippen LogP contribution in [-0.2, 0) is 0 Å². The summed E-state index contributed by atoms with van der Waals surface area (Å²) in [5.41, 5.74) is 2.44. The first-order valence-electron chi connectivity index (χ1n) is 4.23. The molecule has 1 aromatic rings. The molecule has 1 aliphatic rings. The van der Waals surface area contributed by atoms with Crippen LogP contribution in [0, 0.1) is 11.3 Å². The first-order chi connectivity index (χ1) is 6.83. The maximum atomic E-state index is 8.93. The fraction of sp³-hybridized carbons (Fsp3) is 0.0909. The summed E-state index contributed by atoms with van der Waals surface area (Å²) < 4.78 is 1.00. The van der Waals surface area contributed by atoms with E-state index in [0.29, 0.717) is 12.3 Å². The Balaban J connectivity index is 2.67. The standard InChI is InChI=1S/C11H7BrN2/c12-10-5-6-14-11(7-13)9-4-2-1-3-8(9)10/h1-5H,6H2. The minimum Gasteiger partial charge on any atom is -0.269 e. The quantitative estimate of drug-likeness (QED) is 0.694. The summed E-state index contributed by atoms with van der Waals surface area (Å²) in [6.45, 7) is 0.554. The molecule has 2 rings (SSSR count). The SMILES string of the molecule is N#CC1=NCC=C(Br)c2ccccc21. The van der Waals surface area contributed by atoms with Crippen molar-refractivity contribution in [1.29, 1.82) is 5.26 Å². The molecule has 0 spiro atoms. The Kier molecular flexibility index (Phi) is 2.47. The third-order valence-electron chi connectivity index (χ3n) is 2.07. The van der Waals surface area contributed by atoms with Gasteiger partial charge in [-0.15, -0.1) is 0 Å². The topological polar surface area (TPSA) is 36.1 Å². The molecule has 0 saturated heterocycles. The van der Waals surface area contributed by atoms with Crippen LogP contribution in [0.3, 0.4) is 0 Å². The molecule has 0 atom stereocenters. The normalized spacial score (nSPS) is 14.6. The van der Waals surface area contributed by atoms with Crippen molar-refractivity contribution in [3.05, 3.63) is 41.5 Å².